The number of benzene rings is 9. The summed E-state index contributed by atoms with van der Waals surface area (Å²) in [6.07, 6.45) is 0. The van der Waals surface area contributed by atoms with Gasteiger partial charge in [-0.2, -0.15) is 4.98 Å². The molecule has 274 valence electrons. The first-order valence-electron chi connectivity index (χ1n) is 19.9. The van der Waals surface area contributed by atoms with Crippen LogP contribution < -0.4 is 0 Å². The summed E-state index contributed by atoms with van der Waals surface area (Å²) in [6.45, 7) is 0. The van der Waals surface area contributed by atoms with Crippen molar-refractivity contribution in [1.29, 1.82) is 0 Å². The van der Waals surface area contributed by atoms with Crippen molar-refractivity contribution in [3.63, 3.8) is 0 Å². The van der Waals surface area contributed by atoms with E-state index in [1.807, 2.05) is 23.5 Å². The summed E-state index contributed by atoms with van der Waals surface area (Å²) in [4.78, 5) is 11.0. The predicted molar refractivity (Wildman–Crippen MR) is 248 cm³/mol. The predicted octanol–water partition coefficient (Wildman–Crippen LogP) is 15.1. The van der Waals surface area contributed by atoms with Gasteiger partial charge in [0.1, 0.15) is 5.58 Å². The highest BCUT2D eigenvalue weighted by molar-refractivity contribution is 7.27. The van der Waals surface area contributed by atoms with Gasteiger partial charge in [0.25, 0.3) is 0 Å². The van der Waals surface area contributed by atoms with Gasteiger partial charge in [-0.25, -0.2) is 4.98 Å². The third-order valence-corrected chi connectivity index (χ3v) is 13.1. The topological polar surface area (TPSA) is 43.9 Å². The number of hydrogen-bond donors (Lipinski definition) is 0. The molecule has 13 aromatic rings. The Labute approximate surface area is 341 Å². The van der Waals surface area contributed by atoms with E-state index in [1.165, 1.54) is 52.5 Å². The van der Waals surface area contributed by atoms with Gasteiger partial charge >= 0.3 is 0 Å². The Hall–Kier alpha value is -7.60. The van der Waals surface area contributed by atoms with Gasteiger partial charge in [0.2, 0.25) is 5.71 Å². The molecule has 0 fully saturated rings. The summed E-state index contributed by atoms with van der Waals surface area (Å²) in [5.74, 6) is 1.40. The fourth-order valence-corrected chi connectivity index (χ4v) is 10.7. The molecule has 4 heterocycles. The first kappa shape index (κ1) is 32.5. The Morgan fingerprint density at radius 1 is 0.424 bits per heavy atom. The molecule has 5 heteroatoms. The number of nitrogens with zero attached hydrogens (tertiary/aromatic N) is 3. The van der Waals surface area contributed by atoms with Crippen LogP contribution in [0.1, 0.15) is 0 Å². The van der Waals surface area contributed by atoms with Crippen LogP contribution in [0.25, 0.3) is 125 Å². The molecular formula is C54H31N3OS. The second kappa shape index (κ2) is 12.4. The molecule has 4 nitrogen and oxygen atoms in total. The number of furan rings is 1. The summed E-state index contributed by atoms with van der Waals surface area (Å²) in [5.41, 5.74) is 8.94. The molecule has 0 saturated carbocycles. The second-order valence-electron chi connectivity index (χ2n) is 15.3. The van der Waals surface area contributed by atoms with Crippen LogP contribution in [0.5, 0.6) is 0 Å². The van der Waals surface area contributed by atoms with E-state index in [0.717, 1.165) is 61.0 Å². The molecule has 0 atom stereocenters. The minimum atomic E-state index is 0.557. The maximum absolute atomic E-state index is 6.72. The zero-order valence-electron chi connectivity index (χ0n) is 31.6. The number of fused-ring (bicyclic) bond motifs is 15. The normalized spacial score (nSPS) is 12.1. The summed E-state index contributed by atoms with van der Waals surface area (Å²) in [5, 5.41) is 11.7. The average molecular weight is 770 g/mol. The lowest BCUT2D eigenvalue weighted by Crippen LogP contribution is -2.02. The molecule has 0 aliphatic heterocycles. The molecule has 0 radical (unpaired) electrons. The highest BCUT2D eigenvalue weighted by Gasteiger charge is 2.27. The van der Waals surface area contributed by atoms with Crippen LogP contribution in [-0.4, -0.2) is 14.5 Å². The smallest absolute Gasteiger partial charge is 0.233 e. The fraction of sp³-hybridized carbons (Fsp3) is 0. The highest BCUT2D eigenvalue weighted by Crippen LogP contribution is 2.50. The van der Waals surface area contributed by atoms with Crippen LogP contribution >= 0.6 is 11.3 Å². The van der Waals surface area contributed by atoms with Crippen molar-refractivity contribution in [2.45, 2.75) is 0 Å². The Morgan fingerprint density at radius 2 is 1.02 bits per heavy atom. The molecule has 0 bridgehead atoms. The van der Waals surface area contributed by atoms with Crippen molar-refractivity contribution in [3.8, 4) is 39.5 Å². The summed E-state index contributed by atoms with van der Waals surface area (Å²) in [6, 6.07) is 67.1. The van der Waals surface area contributed by atoms with Crippen LogP contribution in [0.3, 0.4) is 0 Å². The molecule has 0 aliphatic carbocycles. The van der Waals surface area contributed by atoms with Crippen molar-refractivity contribution in [2.75, 3.05) is 0 Å². The van der Waals surface area contributed by atoms with Gasteiger partial charge in [-0.1, -0.05) is 152 Å². The summed E-state index contributed by atoms with van der Waals surface area (Å²) in [7, 11) is 0. The van der Waals surface area contributed by atoms with Crippen molar-refractivity contribution < 1.29 is 4.42 Å². The Balaban J connectivity index is 1.23. The van der Waals surface area contributed by atoms with Crippen LogP contribution in [-0.2, 0) is 0 Å². The van der Waals surface area contributed by atoms with E-state index in [2.05, 4.69) is 180 Å². The zero-order valence-corrected chi connectivity index (χ0v) is 32.4. The standard InChI is InChI=1S/C54H31N3OS/c1-3-15-32(16-4-1)35-29-36(33-17-5-2-6-18-33)31-37(30-35)52-55-53(49-41-23-11-13-25-44(41)58-54(49)56-52)57-43-28-27-34-19-7-8-20-38(34)47(43)48-40-22-10-9-21-39(40)46-42-24-12-14-26-45(42)59-51(46)50(48)57/h1-31H. The highest BCUT2D eigenvalue weighted by atomic mass is 32.1. The van der Waals surface area contributed by atoms with Crippen molar-refractivity contribution in [1.82, 2.24) is 14.5 Å². The quantitative estimate of drug-likeness (QED) is 0.179. The number of rotatable bonds is 4. The minimum absolute atomic E-state index is 0.557. The van der Waals surface area contributed by atoms with E-state index in [-0.39, 0.29) is 0 Å². The van der Waals surface area contributed by atoms with Gasteiger partial charge in [-0.05, 0) is 80.2 Å². The maximum Gasteiger partial charge on any atom is 0.233 e. The summed E-state index contributed by atoms with van der Waals surface area (Å²) < 4.78 is 11.6. The average Bonchev–Trinajstić information content (AvgIpc) is 4.00. The number of thiophene rings is 1. The van der Waals surface area contributed by atoms with Crippen LogP contribution in [0.4, 0.5) is 0 Å². The molecular weight excluding hydrogens is 739 g/mol. The minimum Gasteiger partial charge on any atom is -0.437 e. The van der Waals surface area contributed by atoms with E-state index in [1.54, 1.807) is 0 Å². The monoisotopic (exact) mass is 769 g/mol. The van der Waals surface area contributed by atoms with Crippen LogP contribution in [0.2, 0.25) is 0 Å². The Morgan fingerprint density at radius 3 is 1.76 bits per heavy atom. The van der Waals surface area contributed by atoms with Gasteiger partial charge in [-0.3, -0.25) is 4.57 Å². The lowest BCUT2D eigenvalue weighted by molar-refractivity contribution is 0.653. The number of para-hydroxylation sites is 1. The Bertz CT molecular complexity index is 3780. The van der Waals surface area contributed by atoms with E-state index in [0.29, 0.717) is 11.5 Å². The lowest BCUT2D eigenvalue weighted by atomic mass is 9.96. The molecule has 4 aromatic heterocycles. The van der Waals surface area contributed by atoms with Crippen molar-refractivity contribution >= 4 is 96.9 Å². The third kappa shape index (κ3) is 4.77. The molecule has 0 N–H and O–H groups in total. The van der Waals surface area contributed by atoms with Crippen molar-refractivity contribution in [2.24, 2.45) is 0 Å². The van der Waals surface area contributed by atoms with E-state index >= 15 is 0 Å². The van der Waals surface area contributed by atoms with Gasteiger partial charge < -0.3 is 4.42 Å². The van der Waals surface area contributed by atoms with Gasteiger partial charge in [-0.15, -0.1) is 11.3 Å². The van der Waals surface area contributed by atoms with Crippen LogP contribution in [0.15, 0.2) is 192 Å². The van der Waals surface area contributed by atoms with E-state index in [4.69, 9.17) is 14.4 Å². The molecule has 59 heavy (non-hydrogen) atoms. The lowest BCUT2D eigenvalue weighted by Gasteiger charge is -2.14. The fourth-order valence-electron chi connectivity index (χ4n) is 9.40. The maximum atomic E-state index is 6.72. The van der Waals surface area contributed by atoms with Gasteiger partial charge in [0.15, 0.2) is 11.6 Å². The first-order chi connectivity index (χ1) is 29.3. The molecule has 0 saturated heterocycles. The summed E-state index contributed by atoms with van der Waals surface area (Å²) >= 11 is 1.86. The molecule has 9 aromatic carbocycles. The van der Waals surface area contributed by atoms with E-state index < -0.39 is 0 Å². The van der Waals surface area contributed by atoms with Gasteiger partial charge in [0.05, 0.1) is 21.1 Å². The van der Waals surface area contributed by atoms with Crippen LogP contribution in [0, 0.1) is 0 Å². The van der Waals surface area contributed by atoms with Gasteiger partial charge in [0, 0.05) is 37.2 Å². The second-order valence-corrected chi connectivity index (χ2v) is 16.3. The molecule has 0 amide bonds. The molecule has 13 rings (SSSR count). The first-order valence-corrected chi connectivity index (χ1v) is 20.7. The molecule has 0 aliphatic rings. The van der Waals surface area contributed by atoms with E-state index in [9.17, 15) is 0 Å². The Kier molecular flexibility index (Phi) is 6.85. The largest absolute Gasteiger partial charge is 0.437 e. The molecule has 0 unspecified atom stereocenters. The van der Waals surface area contributed by atoms with Crippen molar-refractivity contribution in [3.05, 3.63) is 188 Å². The third-order valence-electron chi connectivity index (χ3n) is 12.0. The molecule has 0 spiro atoms. The number of hydrogen-bond acceptors (Lipinski definition) is 4. The SMILES string of the molecule is c1ccc(-c2cc(-c3ccccc3)cc(-c3nc(-n4c5ccc6ccccc6c5c5c6ccccc6c6c7ccccc7sc6c54)c4c(n3)oc3ccccc34)c2)cc1. The zero-order chi connectivity index (χ0) is 38.6. The number of aromatic nitrogens is 3.